The van der Waals surface area contributed by atoms with Crippen LogP contribution >= 0.6 is 0 Å². The maximum absolute atomic E-state index is 12.4. The number of hydrogen-bond acceptors (Lipinski definition) is 4. The Morgan fingerprint density at radius 3 is 2.92 bits per heavy atom. The van der Waals surface area contributed by atoms with Crippen molar-refractivity contribution in [2.45, 2.75) is 45.1 Å². The molecular formula is C17H20N6O2. The average Bonchev–Trinajstić information content (AvgIpc) is 3.16. The van der Waals surface area contributed by atoms with Gasteiger partial charge < -0.3 is 10.3 Å². The zero-order chi connectivity index (χ0) is 17.6. The number of H-pyrrole nitrogens is 2. The number of imidazole rings is 1. The highest BCUT2D eigenvalue weighted by molar-refractivity contribution is 5.79. The largest absolute Gasteiger partial charge is 0.353 e. The number of aromatic nitrogens is 5. The first kappa shape index (κ1) is 15.6. The van der Waals surface area contributed by atoms with Gasteiger partial charge in [0, 0.05) is 47.4 Å². The van der Waals surface area contributed by atoms with Crippen LogP contribution < -0.4 is 10.9 Å². The van der Waals surface area contributed by atoms with Gasteiger partial charge in [0.15, 0.2) is 5.65 Å². The normalized spacial score (nSPS) is 19.8. The van der Waals surface area contributed by atoms with Crippen LogP contribution in [0.4, 0.5) is 0 Å². The first-order chi connectivity index (χ1) is 12.0. The lowest BCUT2D eigenvalue weighted by atomic mass is 9.79. The number of fused-ring (bicyclic) bond motifs is 1. The maximum Gasteiger partial charge on any atom is 0.266 e. The monoisotopic (exact) mass is 340 g/mol. The fourth-order valence-electron chi connectivity index (χ4n) is 3.51. The van der Waals surface area contributed by atoms with Crippen molar-refractivity contribution < 1.29 is 4.79 Å². The van der Waals surface area contributed by atoms with E-state index in [1.165, 1.54) is 6.07 Å². The van der Waals surface area contributed by atoms with Gasteiger partial charge in [0.1, 0.15) is 5.82 Å². The maximum atomic E-state index is 12.4. The zero-order valence-corrected chi connectivity index (χ0v) is 14.2. The highest BCUT2D eigenvalue weighted by Crippen LogP contribution is 2.34. The van der Waals surface area contributed by atoms with Gasteiger partial charge in [-0.3, -0.25) is 14.7 Å². The number of nitrogens with one attached hydrogen (secondary N) is 3. The second-order valence-corrected chi connectivity index (χ2v) is 6.66. The van der Waals surface area contributed by atoms with E-state index in [9.17, 15) is 9.59 Å². The molecule has 1 amide bonds. The number of carbonyl (C=O) groups is 1. The van der Waals surface area contributed by atoms with Gasteiger partial charge in [0.05, 0.1) is 6.42 Å². The second kappa shape index (κ2) is 5.87. The smallest absolute Gasteiger partial charge is 0.266 e. The summed E-state index contributed by atoms with van der Waals surface area (Å²) in [5.41, 5.74) is 2.83. The van der Waals surface area contributed by atoms with Crippen molar-refractivity contribution in [1.29, 1.82) is 0 Å². The number of rotatable bonds is 4. The molecule has 3 heterocycles. The Morgan fingerprint density at radius 1 is 1.40 bits per heavy atom. The molecule has 4 rings (SSSR count). The number of carbonyl (C=O) groups excluding carboxylic acids is 1. The molecule has 0 atom stereocenters. The van der Waals surface area contributed by atoms with E-state index in [1.807, 2.05) is 20.0 Å². The molecule has 0 radical (unpaired) electrons. The molecule has 0 aliphatic heterocycles. The minimum Gasteiger partial charge on any atom is -0.353 e. The van der Waals surface area contributed by atoms with Gasteiger partial charge >= 0.3 is 0 Å². The molecule has 1 aliphatic rings. The Balaban J connectivity index is 1.43. The lowest BCUT2D eigenvalue weighted by Crippen LogP contribution is -2.44. The Morgan fingerprint density at radius 2 is 2.20 bits per heavy atom. The predicted molar refractivity (Wildman–Crippen MR) is 91.5 cm³/mol. The molecular weight excluding hydrogens is 320 g/mol. The van der Waals surface area contributed by atoms with Gasteiger partial charge in [-0.15, -0.1) is 0 Å². The summed E-state index contributed by atoms with van der Waals surface area (Å²) < 4.78 is 1.63. The van der Waals surface area contributed by atoms with Crippen molar-refractivity contribution in [3.63, 3.8) is 0 Å². The fraction of sp³-hybridized carbons (Fsp3) is 0.412. The summed E-state index contributed by atoms with van der Waals surface area (Å²) in [6.45, 7) is 3.75. The third-order valence-electron chi connectivity index (χ3n) is 4.95. The average molecular weight is 340 g/mol. The zero-order valence-electron chi connectivity index (χ0n) is 14.2. The fourth-order valence-corrected chi connectivity index (χ4v) is 3.51. The van der Waals surface area contributed by atoms with Crippen LogP contribution in [0.5, 0.6) is 0 Å². The van der Waals surface area contributed by atoms with E-state index >= 15 is 0 Å². The van der Waals surface area contributed by atoms with E-state index in [0.29, 0.717) is 11.6 Å². The molecule has 0 bridgehead atoms. The summed E-state index contributed by atoms with van der Waals surface area (Å²) in [4.78, 5) is 35.7. The Labute approximate surface area is 143 Å². The molecule has 1 aliphatic carbocycles. The molecule has 1 saturated carbocycles. The van der Waals surface area contributed by atoms with Crippen LogP contribution in [0, 0.1) is 13.8 Å². The summed E-state index contributed by atoms with van der Waals surface area (Å²) in [6.07, 6.45) is 5.63. The van der Waals surface area contributed by atoms with Crippen LogP contribution in [0.15, 0.2) is 23.3 Å². The van der Waals surface area contributed by atoms with Gasteiger partial charge in [0.2, 0.25) is 5.91 Å². The number of hydrogen-bond donors (Lipinski definition) is 3. The number of aryl methyl sites for hydroxylation is 2. The Kier molecular flexibility index (Phi) is 3.67. The SMILES string of the molecule is Cc1nc2cc(=O)[nH]n2c(C)c1CC(=O)NC1CC(c2ncc[nH]2)C1. The third kappa shape index (κ3) is 2.84. The summed E-state index contributed by atoms with van der Waals surface area (Å²) in [7, 11) is 0. The third-order valence-corrected chi connectivity index (χ3v) is 4.95. The van der Waals surface area contributed by atoms with Crippen LogP contribution in [0.3, 0.4) is 0 Å². The van der Waals surface area contributed by atoms with E-state index in [4.69, 9.17) is 0 Å². The lowest BCUT2D eigenvalue weighted by molar-refractivity contribution is -0.121. The van der Waals surface area contributed by atoms with Crippen molar-refractivity contribution in [3.05, 3.63) is 51.6 Å². The lowest BCUT2D eigenvalue weighted by Gasteiger charge is -2.34. The topological polar surface area (TPSA) is 108 Å². The van der Waals surface area contributed by atoms with Crippen LogP contribution in [-0.2, 0) is 11.2 Å². The molecule has 0 spiro atoms. The van der Waals surface area contributed by atoms with Gasteiger partial charge in [-0.25, -0.2) is 14.5 Å². The van der Waals surface area contributed by atoms with Gasteiger partial charge in [-0.05, 0) is 26.7 Å². The van der Waals surface area contributed by atoms with E-state index in [0.717, 1.165) is 35.6 Å². The molecule has 3 N–H and O–H groups in total. The first-order valence-electron chi connectivity index (χ1n) is 8.37. The number of nitrogens with zero attached hydrogens (tertiary/aromatic N) is 3. The Hall–Kier alpha value is -2.90. The minimum atomic E-state index is -0.199. The standard InChI is InChI=1S/C17H20N6O2/c1-9-13(10(2)23-14(20-9)8-16(25)22-23)7-15(24)21-12-5-11(6-12)17-18-3-4-19-17/h3-4,8,11-12H,5-7H2,1-2H3,(H,18,19)(H,21,24)(H,22,25). The molecule has 0 aromatic carbocycles. The minimum absolute atomic E-state index is 0.0234. The molecule has 1 fully saturated rings. The molecule has 8 heteroatoms. The van der Waals surface area contributed by atoms with Crippen molar-refractivity contribution in [2.24, 2.45) is 0 Å². The van der Waals surface area contributed by atoms with Crippen LogP contribution in [-0.4, -0.2) is 36.5 Å². The van der Waals surface area contributed by atoms with E-state index in [2.05, 4.69) is 25.4 Å². The van der Waals surface area contributed by atoms with Crippen LogP contribution in [0.2, 0.25) is 0 Å². The van der Waals surface area contributed by atoms with E-state index in [-0.39, 0.29) is 23.9 Å². The molecule has 0 unspecified atom stereocenters. The van der Waals surface area contributed by atoms with Crippen molar-refractivity contribution in [2.75, 3.05) is 0 Å². The molecule has 0 saturated heterocycles. The summed E-state index contributed by atoms with van der Waals surface area (Å²) in [6, 6.07) is 1.64. The number of aromatic amines is 2. The van der Waals surface area contributed by atoms with E-state index < -0.39 is 0 Å². The van der Waals surface area contributed by atoms with Crippen molar-refractivity contribution >= 4 is 11.6 Å². The highest BCUT2D eigenvalue weighted by Gasteiger charge is 2.33. The van der Waals surface area contributed by atoms with Crippen LogP contribution in [0.1, 0.15) is 41.5 Å². The second-order valence-electron chi connectivity index (χ2n) is 6.66. The highest BCUT2D eigenvalue weighted by atomic mass is 16.1. The predicted octanol–water partition coefficient (Wildman–Crippen LogP) is 0.967. The van der Waals surface area contributed by atoms with Gasteiger partial charge in [-0.2, -0.15) is 0 Å². The summed E-state index contributed by atoms with van der Waals surface area (Å²) in [5.74, 6) is 1.36. The quantitative estimate of drug-likeness (QED) is 0.657. The Bertz CT molecular complexity index is 979. The molecule has 3 aromatic rings. The van der Waals surface area contributed by atoms with Gasteiger partial charge in [0.25, 0.3) is 5.56 Å². The summed E-state index contributed by atoms with van der Waals surface area (Å²) >= 11 is 0. The first-order valence-corrected chi connectivity index (χ1v) is 8.37. The summed E-state index contributed by atoms with van der Waals surface area (Å²) in [5, 5.41) is 5.78. The van der Waals surface area contributed by atoms with Crippen LogP contribution in [0.25, 0.3) is 5.65 Å². The molecule has 25 heavy (non-hydrogen) atoms. The van der Waals surface area contributed by atoms with Crippen molar-refractivity contribution in [1.82, 2.24) is 29.9 Å². The van der Waals surface area contributed by atoms with Crippen molar-refractivity contribution in [3.8, 4) is 0 Å². The van der Waals surface area contributed by atoms with Gasteiger partial charge in [-0.1, -0.05) is 0 Å². The molecule has 8 nitrogen and oxygen atoms in total. The number of amides is 1. The van der Waals surface area contributed by atoms with E-state index in [1.54, 1.807) is 10.7 Å². The molecule has 130 valence electrons. The molecule has 3 aromatic heterocycles.